The Hall–Kier alpha value is -1.93. The molecule has 3 rings (SSSR count). The van der Waals surface area contributed by atoms with Crippen LogP contribution < -0.4 is 15.8 Å². The van der Waals surface area contributed by atoms with E-state index in [0.717, 1.165) is 43.9 Å². The first kappa shape index (κ1) is 14.0. The van der Waals surface area contributed by atoms with Crippen molar-refractivity contribution in [3.63, 3.8) is 0 Å². The van der Waals surface area contributed by atoms with Gasteiger partial charge in [0.05, 0.1) is 5.39 Å². The van der Waals surface area contributed by atoms with Gasteiger partial charge in [-0.25, -0.2) is 9.78 Å². The van der Waals surface area contributed by atoms with Gasteiger partial charge in [0, 0.05) is 19.6 Å². The maximum atomic E-state index is 12.3. The van der Waals surface area contributed by atoms with Crippen LogP contribution in [0.1, 0.15) is 21.7 Å². The number of H-pyrrole nitrogens is 1. The molecular weight excluding hydrogens is 292 g/mol. The second-order valence-electron chi connectivity index (χ2n) is 5.02. The Morgan fingerprint density at radius 1 is 1.38 bits per heavy atom. The zero-order chi connectivity index (χ0) is 15.0. The predicted molar refractivity (Wildman–Crippen MR) is 81.6 cm³/mol. The van der Waals surface area contributed by atoms with Crippen LogP contribution in [-0.4, -0.2) is 47.2 Å². The molecule has 0 atom stereocenters. The Morgan fingerprint density at radius 3 is 2.95 bits per heavy atom. The van der Waals surface area contributed by atoms with E-state index in [0.29, 0.717) is 21.7 Å². The van der Waals surface area contributed by atoms with Crippen molar-refractivity contribution in [2.45, 2.75) is 13.3 Å². The van der Waals surface area contributed by atoms with Crippen LogP contribution in [0, 0.1) is 6.92 Å². The summed E-state index contributed by atoms with van der Waals surface area (Å²) in [6.07, 6.45) is 0.978. The third-order valence-corrected chi connectivity index (χ3v) is 4.80. The average molecular weight is 308 g/mol. The minimum atomic E-state index is -1.02. The van der Waals surface area contributed by atoms with Crippen molar-refractivity contribution in [1.82, 2.24) is 15.3 Å². The Morgan fingerprint density at radius 2 is 2.19 bits per heavy atom. The monoisotopic (exact) mass is 308 g/mol. The third-order valence-electron chi connectivity index (χ3n) is 3.62. The van der Waals surface area contributed by atoms with Crippen LogP contribution in [0.25, 0.3) is 10.2 Å². The van der Waals surface area contributed by atoms with Gasteiger partial charge in [-0.2, -0.15) is 0 Å². The highest BCUT2D eigenvalue weighted by Gasteiger charge is 2.20. The molecule has 1 aliphatic heterocycles. The number of hydrogen-bond donors (Lipinski definition) is 3. The van der Waals surface area contributed by atoms with Gasteiger partial charge in [0.1, 0.15) is 9.71 Å². The number of nitrogens with zero attached hydrogens (tertiary/aromatic N) is 2. The lowest BCUT2D eigenvalue weighted by molar-refractivity contribution is 0.0701. The molecule has 0 radical (unpaired) electrons. The smallest absolute Gasteiger partial charge is 0.346 e. The minimum absolute atomic E-state index is 0.178. The first-order chi connectivity index (χ1) is 10.1. The lowest BCUT2D eigenvalue weighted by atomic mass is 10.2. The zero-order valence-corrected chi connectivity index (χ0v) is 12.4. The largest absolute Gasteiger partial charge is 0.477 e. The van der Waals surface area contributed by atoms with Gasteiger partial charge >= 0.3 is 5.97 Å². The van der Waals surface area contributed by atoms with Crippen molar-refractivity contribution in [3.8, 4) is 0 Å². The van der Waals surface area contributed by atoms with Crippen molar-refractivity contribution >= 4 is 33.5 Å². The van der Waals surface area contributed by atoms with Crippen molar-refractivity contribution in [2.24, 2.45) is 0 Å². The summed E-state index contributed by atoms with van der Waals surface area (Å²) in [5, 5.41) is 12.8. The third kappa shape index (κ3) is 2.52. The number of hydrogen-bond acceptors (Lipinski definition) is 6. The van der Waals surface area contributed by atoms with Gasteiger partial charge in [-0.05, 0) is 25.5 Å². The second kappa shape index (κ2) is 5.45. The number of nitrogens with one attached hydrogen (secondary N) is 2. The van der Waals surface area contributed by atoms with Crippen molar-refractivity contribution in [2.75, 3.05) is 31.1 Å². The van der Waals surface area contributed by atoms with Crippen LogP contribution in [0.4, 0.5) is 5.95 Å². The molecule has 0 aliphatic carbocycles. The van der Waals surface area contributed by atoms with Crippen LogP contribution in [0.15, 0.2) is 4.79 Å². The molecule has 1 aliphatic rings. The number of thiophene rings is 1. The van der Waals surface area contributed by atoms with E-state index >= 15 is 0 Å². The van der Waals surface area contributed by atoms with Crippen molar-refractivity contribution in [1.29, 1.82) is 0 Å². The van der Waals surface area contributed by atoms with Gasteiger partial charge < -0.3 is 15.3 Å². The molecule has 1 fully saturated rings. The summed E-state index contributed by atoms with van der Waals surface area (Å²) >= 11 is 1.06. The predicted octanol–water partition coefficient (Wildman–Crippen LogP) is 0.791. The fourth-order valence-corrected chi connectivity index (χ4v) is 3.56. The number of carbonyl (C=O) groups is 1. The van der Waals surface area contributed by atoms with Gasteiger partial charge in [-0.15, -0.1) is 11.3 Å². The van der Waals surface area contributed by atoms with Crippen LogP contribution in [-0.2, 0) is 0 Å². The summed E-state index contributed by atoms with van der Waals surface area (Å²) in [6, 6.07) is 0. The number of aromatic nitrogens is 2. The van der Waals surface area contributed by atoms with E-state index in [1.807, 2.05) is 4.90 Å². The lowest BCUT2D eigenvalue weighted by Crippen LogP contribution is -2.31. The second-order valence-corrected chi connectivity index (χ2v) is 6.02. The number of aromatic amines is 1. The summed E-state index contributed by atoms with van der Waals surface area (Å²) in [7, 11) is 0. The van der Waals surface area contributed by atoms with E-state index in [1.54, 1.807) is 6.92 Å². The molecule has 0 bridgehead atoms. The summed E-state index contributed by atoms with van der Waals surface area (Å²) in [6.45, 7) is 5.02. The fourth-order valence-electron chi connectivity index (χ4n) is 2.54. The molecule has 0 spiro atoms. The molecule has 3 N–H and O–H groups in total. The molecule has 0 unspecified atom stereocenters. The maximum absolute atomic E-state index is 12.3. The summed E-state index contributed by atoms with van der Waals surface area (Å²) in [5.74, 6) is -0.496. The van der Waals surface area contributed by atoms with Crippen LogP contribution in [0.3, 0.4) is 0 Å². The number of rotatable bonds is 2. The van der Waals surface area contributed by atoms with Gasteiger partial charge in [-0.1, -0.05) is 0 Å². The number of fused-ring (bicyclic) bond motifs is 1. The highest BCUT2D eigenvalue weighted by atomic mass is 32.1. The Kier molecular flexibility index (Phi) is 3.64. The number of aryl methyl sites for hydroxylation is 1. The molecule has 2 aromatic rings. The van der Waals surface area contributed by atoms with Gasteiger partial charge in [0.25, 0.3) is 5.56 Å². The Bertz CT molecular complexity index is 744. The van der Waals surface area contributed by atoms with Gasteiger partial charge in [-0.3, -0.25) is 9.78 Å². The van der Waals surface area contributed by atoms with E-state index in [9.17, 15) is 9.59 Å². The van der Waals surface area contributed by atoms with E-state index in [4.69, 9.17) is 5.11 Å². The van der Waals surface area contributed by atoms with Crippen LogP contribution in [0.2, 0.25) is 0 Å². The molecule has 3 heterocycles. The summed E-state index contributed by atoms with van der Waals surface area (Å²) in [5.41, 5.74) is 0.216. The topological polar surface area (TPSA) is 98.3 Å². The molecule has 2 aromatic heterocycles. The normalized spacial score (nSPS) is 16.1. The fraction of sp³-hybridized carbons (Fsp3) is 0.462. The molecule has 112 valence electrons. The number of carboxylic acid groups (broad SMARTS) is 1. The summed E-state index contributed by atoms with van der Waals surface area (Å²) in [4.78, 5) is 33.4. The lowest BCUT2D eigenvalue weighted by Gasteiger charge is -2.19. The van der Waals surface area contributed by atoms with E-state index in [1.165, 1.54) is 0 Å². The first-order valence-corrected chi connectivity index (χ1v) is 7.62. The summed E-state index contributed by atoms with van der Waals surface area (Å²) < 4.78 is 0. The first-order valence-electron chi connectivity index (χ1n) is 6.80. The number of carboxylic acids is 1. The number of aromatic carboxylic acids is 1. The molecule has 0 aromatic carbocycles. The van der Waals surface area contributed by atoms with E-state index < -0.39 is 5.97 Å². The van der Waals surface area contributed by atoms with Gasteiger partial charge in [0.2, 0.25) is 5.95 Å². The van der Waals surface area contributed by atoms with Crippen LogP contribution in [0.5, 0.6) is 0 Å². The Balaban J connectivity index is 2.10. The van der Waals surface area contributed by atoms with E-state index in [2.05, 4.69) is 15.3 Å². The molecule has 21 heavy (non-hydrogen) atoms. The Labute approximate surface area is 124 Å². The molecule has 8 heteroatoms. The SMILES string of the molecule is Cc1c(C(=O)O)sc2nc(N3CCCNCC3)[nH]c(=O)c12. The van der Waals surface area contributed by atoms with E-state index in [-0.39, 0.29) is 10.4 Å². The zero-order valence-electron chi connectivity index (χ0n) is 11.6. The number of anilines is 1. The maximum Gasteiger partial charge on any atom is 0.346 e. The molecular formula is C13H16N4O3S. The van der Waals surface area contributed by atoms with Crippen molar-refractivity contribution < 1.29 is 9.90 Å². The molecule has 1 saturated heterocycles. The van der Waals surface area contributed by atoms with Crippen LogP contribution >= 0.6 is 11.3 Å². The highest BCUT2D eigenvalue weighted by molar-refractivity contribution is 7.20. The molecule has 7 nitrogen and oxygen atoms in total. The van der Waals surface area contributed by atoms with Gasteiger partial charge in [0.15, 0.2) is 0 Å². The standard InChI is InChI=1S/C13H16N4O3S/c1-7-8-10(18)15-13(17-5-2-3-14-4-6-17)16-11(8)21-9(7)12(19)20/h14H,2-6H2,1H3,(H,19,20)(H,15,16,18). The van der Waals surface area contributed by atoms with Crippen molar-refractivity contribution in [3.05, 3.63) is 20.8 Å². The molecule has 0 saturated carbocycles. The average Bonchev–Trinajstić information content (AvgIpc) is 2.64. The minimum Gasteiger partial charge on any atom is -0.477 e. The molecule has 0 amide bonds. The quantitative estimate of drug-likeness (QED) is 0.759. The highest BCUT2D eigenvalue weighted by Crippen LogP contribution is 2.27.